The van der Waals surface area contributed by atoms with Crippen molar-refractivity contribution in [2.24, 2.45) is 0 Å². The molecule has 0 unspecified atom stereocenters. The van der Waals surface area contributed by atoms with E-state index in [1.807, 2.05) is 25.1 Å². The van der Waals surface area contributed by atoms with Gasteiger partial charge in [-0.1, -0.05) is 30.3 Å². The Morgan fingerprint density at radius 2 is 1.87 bits per heavy atom. The lowest BCUT2D eigenvalue weighted by molar-refractivity contribution is -0.115. The van der Waals surface area contributed by atoms with Gasteiger partial charge in [-0.15, -0.1) is 11.8 Å². The number of nitrogens with one attached hydrogen (secondary N) is 1. The van der Waals surface area contributed by atoms with Crippen LogP contribution < -0.4 is 14.8 Å². The van der Waals surface area contributed by atoms with Crippen LogP contribution in [0.15, 0.2) is 48.5 Å². The van der Waals surface area contributed by atoms with Gasteiger partial charge in [0.2, 0.25) is 5.91 Å². The quantitative estimate of drug-likeness (QED) is 0.834. The van der Waals surface area contributed by atoms with Gasteiger partial charge in [0.15, 0.2) is 0 Å². The third-order valence-corrected chi connectivity index (χ3v) is 4.59. The van der Waals surface area contributed by atoms with Crippen LogP contribution in [0.4, 0.5) is 5.69 Å². The summed E-state index contributed by atoms with van der Waals surface area (Å²) < 4.78 is 10.5. The smallest absolute Gasteiger partial charge is 0.237 e. The van der Waals surface area contributed by atoms with Gasteiger partial charge in [-0.05, 0) is 24.6 Å². The summed E-state index contributed by atoms with van der Waals surface area (Å²) in [6.07, 6.45) is 0. The van der Waals surface area contributed by atoms with Gasteiger partial charge in [0.1, 0.15) is 11.5 Å². The summed E-state index contributed by atoms with van der Waals surface area (Å²) in [5, 5.41) is 2.74. The average molecular weight is 331 g/mol. The lowest BCUT2D eigenvalue weighted by Crippen LogP contribution is -2.22. The largest absolute Gasteiger partial charge is 0.497 e. The second kappa shape index (κ2) is 8.48. The molecule has 0 heterocycles. The first-order valence-electron chi connectivity index (χ1n) is 7.32. The summed E-state index contributed by atoms with van der Waals surface area (Å²) in [6.45, 7) is 1.90. The lowest BCUT2D eigenvalue weighted by atomic mass is 10.2. The number of hydrogen-bond acceptors (Lipinski definition) is 4. The first-order chi connectivity index (χ1) is 11.1. The molecule has 0 fully saturated rings. The number of ether oxygens (including phenoxy) is 2. The molecule has 0 aliphatic carbocycles. The second-order valence-corrected chi connectivity index (χ2v) is 6.32. The van der Waals surface area contributed by atoms with Crippen molar-refractivity contribution in [2.75, 3.05) is 19.5 Å². The maximum Gasteiger partial charge on any atom is 0.237 e. The lowest BCUT2D eigenvalue weighted by Gasteiger charge is -2.15. The summed E-state index contributed by atoms with van der Waals surface area (Å²) in [4.78, 5) is 12.3. The summed E-state index contributed by atoms with van der Waals surface area (Å²) >= 11 is 1.60. The summed E-state index contributed by atoms with van der Waals surface area (Å²) in [7, 11) is 3.16. The van der Waals surface area contributed by atoms with Gasteiger partial charge in [0.25, 0.3) is 0 Å². The number of methoxy groups -OCH3 is 2. The molecule has 4 nitrogen and oxygen atoms in total. The predicted octanol–water partition coefficient (Wildman–Crippen LogP) is 3.96. The van der Waals surface area contributed by atoms with E-state index in [9.17, 15) is 4.79 Å². The van der Waals surface area contributed by atoms with Gasteiger partial charge in [-0.25, -0.2) is 0 Å². The highest BCUT2D eigenvalue weighted by molar-refractivity contribution is 7.99. The van der Waals surface area contributed by atoms with Crippen molar-refractivity contribution in [3.8, 4) is 11.5 Å². The molecule has 0 spiro atoms. The molecule has 0 aliphatic rings. The monoisotopic (exact) mass is 331 g/mol. The first kappa shape index (κ1) is 17.2. The van der Waals surface area contributed by atoms with Crippen LogP contribution in [0, 0.1) is 0 Å². The third kappa shape index (κ3) is 4.93. The molecule has 1 N–H and O–H groups in total. The van der Waals surface area contributed by atoms with Gasteiger partial charge in [-0.3, -0.25) is 4.79 Å². The Hall–Kier alpha value is -2.14. The fourth-order valence-corrected chi connectivity index (χ4v) is 2.85. The maximum absolute atomic E-state index is 12.3. The van der Waals surface area contributed by atoms with E-state index < -0.39 is 0 Å². The van der Waals surface area contributed by atoms with Gasteiger partial charge in [-0.2, -0.15) is 0 Å². The number of anilines is 1. The van der Waals surface area contributed by atoms with Crippen molar-refractivity contribution in [1.29, 1.82) is 0 Å². The van der Waals surface area contributed by atoms with Gasteiger partial charge < -0.3 is 14.8 Å². The first-order valence-corrected chi connectivity index (χ1v) is 8.37. The van der Waals surface area contributed by atoms with Crippen molar-refractivity contribution < 1.29 is 14.3 Å². The van der Waals surface area contributed by atoms with E-state index in [0.717, 1.165) is 5.75 Å². The van der Waals surface area contributed by atoms with E-state index >= 15 is 0 Å². The Labute approximate surface area is 141 Å². The number of benzene rings is 2. The number of carbonyl (C=O) groups is 1. The Balaban J connectivity index is 1.95. The third-order valence-electron chi connectivity index (χ3n) is 3.38. The molecule has 122 valence electrons. The standard InChI is InChI=1S/C18H21NO3S/c1-13(23-12-14-7-5-4-6-8-14)18(20)19-16-10-9-15(21-2)11-17(16)22-3/h4-11,13H,12H2,1-3H3,(H,19,20)/t13-/m1/s1. The topological polar surface area (TPSA) is 47.6 Å². The van der Waals surface area contributed by atoms with E-state index in [1.54, 1.807) is 44.2 Å². The zero-order chi connectivity index (χ0) is 16.7. The maximum atomic E-state index is 12.3. The molecular formula is C18H21NO3S. The minimum absolute atomic E-state index is 0.0469. The fraction of sp³-hybridized carbons (Fsp3) is 0.278. The predicted molar refractivity (Wildman–Crippen MR) is 95.4 cm³/mol. The normalized spacial score (nSPS) is 11.6. The Bertz CT molecular complexity index is 646. The van der Waals surface area contributed by atoms with Crippen molar-refractivity contribution in [2.45, 2.75) is 17.9 Å². The number of rotatable bonds is 7. The van der Waals surface area contributed by atoms with Crippen molar-refractivity contribution in [3.63, 3.8) is 0 Å². The summed E-state index contributed by atoms with van der Waals surface area (Å²) in [6, 6.07) is 15.4. The Kier molecular flexibility index (Phi) is 6.35. The Morgan fingerprint density at radius 3 is 2.52 bits per heavy atom. The zero-order valence-electron chi connectivity index (χ0n) is 13.5. The van der Waals surface area contributed by atoms with Crippen LogP contribution in [-0.4, -0.2) is 25.4 Å². The van der Waals surface area contributed by atoms with Crippen LogP contribution in [0.25, 0.3) is 0 Å². The van der Waals surface area contributed by atoms with Crippen LogP contribution in [0.5, 0.6) is 11.5 Å². The average Bonchev–Trinajstić information content (AvgIpc) is 2.60. The highest BCUT2D eigenvalue weighted by Crippen LogP contribution is 2.29. The molecule has 0 saturated heterocycles. The molecule has 5 heteroatoms. The molecule has 0 radical (unpaired) electrons. The minimum Gasteiger partial charge on any atom is -0.497 e. The van der Waals surface area contributed by atoms with Gasteiger partial charge in [0.05, 0.1) is 25.2 Å². The molecule has 2 aromatic rings. The molecule has 23 heavy (non-hydrogen) atoms. The minimum atomic E-state index is -0.165. The fourth-order valence-electron chi connectivity index (χ4n) is 2.01. The molecular weight excluding hydrogens is 310 g/mol. The summed E-state index contributed by atoms with van der Waals surface area (Å²) in [5.74, 6) is 2.02. The molecule has 2 aromatic carbocycles. The summed E-state index contributed by atoms with van der Waals surface area (Å²) in [5.41, 5.74) is 1.85. The van der Waals surface area contributed by atoms with Crippen LogP contribution >= 0.6 is 11.8 Å². The second-order valence-electron chi connectivity index (χ2n) is 4.99. The SMILES string of the molecule is COc1ccc(NC(=O)[C@@H](C)SCc2ccccc2)c(OC)c1. The molecule has 1 atom stereocenters. The van der Waals surface area contributed by atoms with Gasteiger partial charge >= 0.3 is 0 Å². The van der Waals surface area contributed by atoms with Crippen molar-refractivity contribution in [3.05, 3.63) is 54.1 Å². The van der Waals surface area contributed by atoms with E-state index in [4.69, 9.17) is 9.47 Å². The number of hydrogen-bond donors (Lipinski definition) is 1. The van der Waals surface area contributed by atoms with Crippen LogP contribution in [0.1, 0.15) is 12.5 Å². The van der Waals surface area contributed by atoms with E-state index in [2.05, 4.69) is 17.4 Å². The molecule has 0 saturated carbocycles. The van der Waals surface area contributed by atoms with Crippen molar-refractivity contribution in [1.82, 2.24) is 0 Å². The van der Waals surface area contributed by atoms with Gasteiger partial charge in [0, 0.05) is 11.8 Å². The molecule has 2 rings (SSSR count). The Morgan fingerprint density at radius 1 is 1.13 bits per heavy atom. The van der Waals surface area contributed by atoms with E-state index in [0.29, 0.717) is 17.2 Å². The van der Waals surface area contributed by atoms with Crippen LogP contribution in [0.3, 0.4) is 0 Å². The van der Waals surface area contributed by atoms with Crippen molar-refractivity contribution >= 4 is 23.4 Å². The van der Waals surface area contributed by atoms with E-state index in [1.165, 1.54) is 5.56 Å². The van der Waals surface area contributed by atoms with Crippen LogP contribution in [-0.2, 0) is 10.5 Å². The highest BCUT2D eigenvalue weighted by atomic mass is 32.2. The molecule has 0 aromatic heterocycles. The molecule has 0 bridgehead atoms. The molecule has 1 amide bonds. The number of carbonyl (C=O) groups excluding carboxylic acids is 1. The zero-order valence-corrected chi connectivity index (χ0v) is 14.4. The number of thioether (sulfide) groups is 1. The number of amides is 1. The van der Waals surface area contributed by atoms with Crippen LogP contribution in [0.2, 0.25) is 0 Å². The molecule has 0 aliphatic heterocycles. The highest BCUT2D eigenvalue weighted by Gasteiger charge is 2.16. The van der Waals surface area contributed by atoms with E-state index in [-0.39, 0.29) is 11.2 Å².